The largest absolute Gasteiger partial charge is 0.495 e. The molecule has 0 unspecified atom stereocenters. The third-order valence-corrected chi connectivity index (χ3v) is 3.49. The lowest BCUT2D eigenvalue weighted by atomic mass is 10.2. The molecule has 0 aliphatic rings. The van der Waals surface area contributed by atoms with Gasteiger partial charge < -0.3 is 19.5 Å². The molecule has 0 aliphatic heterocycles. The van der Waals surface area contributed by atoms with Crippen molar-refractivity contribution in [3.63, 3.8) is 0 Å². The second-order valence-electron chi connectivity index (χ2n) is 5.36. The lowest BCUT2D eigenvalue weighted by Crippen LogP contribution is -2.26. The molecule has 27 heavy (non-hydrogen) atoms. The Morgan fingerprint density at radius 2 is 1.89 bits per heavy atom. The molecule has 2 N–H and O–H groups in total. The first kappa shape index (κ1) is 19.8. The standard InChI is InChI=1S/C20H23N3O4/c1-4-11-27-18-10-9-15(12-19(18)26-3)13-22-23-20(24)14-21-16-7-5-6-8-17(16)25-2/h4-10,12-13,21H,1,11,14H2,2-3H3,(H,23,24)/b22-13+. The second kappa shape index (κ2) is 10.5. The number of nitrogens with zero attached hydrogens (tertiary/aromatic N) is 1. The van der Waals surface area contributed by atoms with Crippen LogP contribution in [-0.4, -0.2) is 39.5 Å². The van der Waals surface area contributed by atoms with Crippen LogP contribution in [0.15, 0.2) is 60.2 Å². The van der Waals surface area contributed by atoms with E-state index in [-0.39, 0.29) is 12.5 Å². The minimum atomic E-state index is -0.282. The van der Waals surface area contributed by atoms with Crippen LogP contribution in [0.4, 0.5) is 5.69 Å². The molecule has 0 atom stereocenters. The van der Waals surface area contributed by atoms with E-state index in [1.54, 1.807) is 32.4 Å². The van der Waals surface area contributed by atoms with Crippen LogP contribution in [0.3, 0.4) is 0 Å². The maximum Gasteiger partial charge on any atom is 0.259 e. The molecule has 0 bridgehead atoms. The number of amides is 1. The maximum atomic E-state index is 11.9. The van der Waals surface area contributed by atoms with Gasteiger partial charge in [0.15, 0.2) is 11.5 Å². The van der Waals surface area contributed by atoms with E-state index < -0.39 is 0 Å². The lowest BCUT2D eigenvalue weighted by Gasteiger charge is -2.10. The van der Waals surface area contributed by atoms with Crippen LogP contribution in [0, 0.1) is 0 Å². The summed E-state index contributed by atoms with van der Waals surface area (Å²) in [7, 11) is 3.13. The second-order valence-corrected chi connectivity index (χ2v) is 5.36. The minimum Gasteiger partial charge on any atom is -0.495 e. The van der Waals surface area contributed by atoms with Crippen LogP contribution < -0.4 is 25.0 Å². The van der Waals surface area contributed by atoms with Crippen molar-refractivity contribution in [1.29, 1.82) is 0 Å². The van der Waals surface area contributed by atoms with Gasteiger partial charge in [-0.15, -0.1) is 0 Å². The van der Waals surface area contributed by atoms with E-state index in [1.165, 1.54) is 6.21 Å². The van der Waals surface area contributed by atoms with Gasteiger partial charge in [-0.05, 0) is 35.9 Å². The van der Waals surface area contributed by atoms with Crippen molar-refractivity contribution >= 4 is 17.8 Å². The predicted molar refractivity (Wildman–Crippen MR) is 106 cm³/mol. The van der Waals surface area contributed by atoms with Crippen molar-refractivity contribution in [1.82, 2.24) is 5.43 Å². The Hall–Kier alpha value is -3.48. The van der Waals surface area contributed by atoms with Crippen molar-refractivity contribution in [3.05, 3.63) is 60.7 Å². The van der Waals surface area contributed by atoms with Crippen molar-refractivity contribution in [2.75, 3.05) is 32.7 Å². The van der Waals surface area contributed by atoms with Crippen molar-refractivity contribution in [3.8, 4) is 17.2 Å². The first-order valence-corrected chi connectivity index (χ1v) is 8.28. The fourth-order valence-corrected chi connectivity index (χ4v) is 2.22. The number of benzene rings is 2. The number of nitrogens with one attached hydrogen (secondary N) is 2. The number of carbonyl (C=O) groups excluding carboxylic acids is 1. The number of hydrogen-bond donors (Lipinski definition) is 2. The highest BCUT2D eigenvalue weighted by molar-refractivity contribution is 5.85. The van der Waals surface area contributed by atoms with E-state index in [0.717, 1.165) is 11.3 Å². The van der Waals surface area contributed by atoms with Gasteiger partial charge in [-0.2, -0.15) is 5.10 Å². The number of ether oxygens (including phenoxy) is 3. The summed E-state index contributed by atoms with van der Waals surface area (Å²) >= 11 is 0. The number of methoxy groups -OCH3 is 2. The van der Waals surface area contributed by atoms with Crippen LogP contribution in [0.25, 0.3) is 0 Å². The monoisotopic (exact) mass is 369 g/mol. The number of anilines is 1. The van der Waals surface area contributed by atoms with Crippen molar-refractivity contribution < 1.29 is 19.0 Å². The van der Waals surface area contributed by atoms with Gasteiger partial charge >= 0.3 is 0 Å². The average molecular weight is 369 g/mol. The summed E-state index contributed by atoms with van der Waals surface area (Å²) in [6.07, 6.45) is 3.18. The van der Waals surface area contributed by atoms with E-state index in [2.05, 4.69) is 22.4 Å². The Balaban J connectivity index is 1.88. The van der Waals surface area contributed by atoms with Crippen LogP contribution >= 0.6 is 0 Å². The zero-order valence-corrected chi connectivity index (χ0v) is 15.4. The fourth-order valence-electron chi connectivity index (χ4n) is 2.22. The predicted octanol–water partition coefficient (Wildman–Crippen LogP) is 2.83. The number of para-hydroxylation sites is 2. The summed E-state index contributed by atoms with van der Waals surface area (Å²) in [6.45, 7) is 4.06. The van der Waals surface area contributed by atoms with Crippen molar-refractivity contribution in [2.24, 2.45) is 5.10 Å². The van der Waals surface area contributed by atoms with E-state index in [9.17, 15) is 4.79 Å². The Morgan fingerprint density at radius 3 is 2.63 bits per heavy atom. The summed E-state index contributed by atoms with van der Waals surface area (Å²) in [6, 6.07) is 12.7. The normalized spacial score (nSPS) is 10.3. The zero-order chi connectivity index (χ0) is 19.5. The van der Waals surface area contributed by atoms with Crippen LogP contribution in [0.1, 0.15) is 5.56 Å². The van der Waals surface area contributed by atoms with Crippen molar-refractivity contribution in [2.45, 2.75) is 0 Å². The first-order chi connectivity index (χ1) is 13.2. The molecule has 1 amide bonds. The molecule has 0 heterocycles. The van der Waals surface area contributed by atoms with Gasteiger partial charge in [0.05, 0.1) is 32.7 Å². The number of hydrazone groups is 1. The highest BCUT2D eigenvalue weighted by Crippen LogP contribution is 2.27. The molecule has 0 aromatic heterocycles. The first-order valence-electron chi connectivity index (χ1n) is 8.28. The Labute approximate surface area is 158 Å². The van der Waals surface area contributed by atoms with Crippen LogP contribution in [0.5, 0.6) is 17.2 Å². The molecule has 0 spiro atoms. The molecule has 0 fully saturated rings. The van der Waals surface area contributed by atoms with Gasteiger partial charge in [0, 0.05) is 0 Å². The van der Waals surface area contributed by atoms with Crippen LogP contribution in [0.2, 0.25) is 0 Å². The van der Waals surface area contributed by atoms with Gasteiger partial charge in [-0.3, -0.25) is 4.79 Å². The van der Waals surface area contributed by atoms with Gasteiger partial charge in [0.25, 0.3) is 5.91 Å². The quantitative estimate of drug-likeness (QED) is 0.382. The average Bonchev–Trinajstić information content (AvgIpc) is 2.71. The Kier molecular flexibility index (Phi) is 7.71. The van der Waals surface area contributed by atoms with E-state index >= 15 is 0 Å². The zero-order valence-electron chi connectivity index (χ0n) is 15.4. The Morgan fingerprint density at radius 1 is 1.11 bits per heavy atom. The molecule has 0 saturated carbocycles. The third kappa shape index (κ3) is 6.07. The summed E-state index contributed by atoms with van der Waals surface area (Å²) in [5, 5.41) is 6.96. The summed E-state index contributed by atoms with van der Waals surface area (Å²) in [5.41, 5.74) is 3.96. The summed E-state index contributed by atoms with van der Waals surface area (Å²) in [4.78, 5) is 11.9. The van der Waals surface area contributed by atoms with E-state index in [1.807, 2.05) is 30.3 Å². The number of carbonyl (C=O) groups is 1. The third-order valence-electron chi connectivity index (χ3n) is 3.49. The van der Waals surface area contributed by atoms with E-state index in [4.69, 9.17) is 14.2 Å². The number of hydrogen-bond acceptors (Lipinski definition) is 6. The van der Waals surface area contributed by atoms with Gasteiger partial charge in [0.1, 0.15) is 12.4 Å². The van der Waals surface area contributed by atoms with Gasteiger partial charge in [-0.1, -0.05) is 24.8 Å². The highest BCUT2D eigenvalue weighted by atomic mass is 16.5. The maximum absolute atomic E-state index is 11.9. The molecule has 2 rings (SSSR count). The smallest absolute Gasteiger partial charge is 0.259 e. The summed E-state index contributed by atoms with van der Waals surface area (Å²) in [5.74, 6) is 1.57. The molecular formula is C20H23N3O4. The molecular weight excluding hydrogens is 346 g/mol. The summed E-state index contributed by atoms with van der Waals surface area (Å²) < 4.78 is 16.0. The van der Waals surface area contributed by atoms with Gasteiger partial charge in [0.2, 0.25) is 0 Å². The molecule has 7 nitrogen and oxygen atoms in total. The number of rotatable bonds is 10. The Bertz CT molecular complexity index is 806. The highest BCUT2D eigenvalue weighted by Gasteiger charge is 2.05. The van der Waals surface area contributed by atoms with E-state index in [0.29, 0.717) is 23.9 Å². The lowest BCUT2D eigenvalue weighted by molar-refractivity contribution is -0.119. The van der Waals surface area contributed by atoms with Gasteiger partial charge in [-0.25, -0.2) is 5.43 Å². The molecule has 2 aromatic rings. The molecule has 2 aromatic carbocycles. The molecule has 0 radical (unpaired) electrons. The minimum absolute atomic E-state index is 0.0648. The fraction of sp³-hybridized carbons (Fsp3) is 0.200. The molecule has 0 aliphatic carbocycles. The molecule has 0 saturated heterocycles. The molecule has 7 heteroatoms. The topological polar surface area (TPSA) is 81.2 Å². The molecule has 142 valence electrons. The van der Waals surface area contributed by atoms with Crippen LogP contribution in [-0.2, 0) is 4.79 Å². The SMILES string of the molecule is C=CCOc1ccc(/C=N/NC(=O)CNc2ccccc2OC)cc1OC.